The number of piperidine rings is 3. The van der Waals surface area contributed by atoms with Crippen LogP contribution >= 0.6 is 0 Å². The van der Waals surface area contributed by atoms with Gasteiger partial charge in [-0.05, 0) is 32.1 Å². The van der Waals surface area contributed by atoms with Crippen molar-refractivity contribution in [3.05, 3.63) is 0 Å². The zero-order valence-corrected chi connectivity index (χ0v) is 8.66. The van der Waals surface area contributed by atoms with Crippen molar-refractivity contribution in [2.45, 2.75) is 32.4 Å². The van der Waals surface area contributed by atoms with Gasteiger partial charge in [0.05, 0.1) is 12.8 Å². The molecule has 0 radical (unpaired) electrons. The van der Waals surface area contributed by atoms with Crippen LogP contribution in [0.15, 0.2) is 0 Å². The summed E-state index contributed by atoms with van der Waals surface area (Å²) in [5.74, 6) is 0.812. The van der Waals surface area contributed by atoms with Gasteiger partial charge in [0.25, 0.3) is 0 Å². The van der Waals surface area contributed by atoms with Crippen LogP contribution < -0.4 is 5.32 Å². The summed E-state index contributed by atoms with van der Waals surface area (Å²) in [4.78, 5) is 13.6. The summed E-state index contributed by atoms with van der Waals surface area (Å²) in [6.45, 7) is 4.53. The minimum Gasteiger partial charge on any atom is -0.450 e. The van der Waals surface area contributed by atoms with E-state index < -0.39 is 0 Å². The van der Waals surface area contributed by atoms with Gasteiger partial charge in [0, 0.05) is 13.1 Å². The number of hydrogen-bond donors (Lipinski definition) is 1. The molecule has 1 unspecified atom stereocenters. The van der Waals surface area contributed by atoms with Crippen molar-refractivity contribution in [3.63, 3.8) is 0 Å². The normalized spacial score (nSPS) is 35.4. The first kappa shape index (κ1) is 9.77. The lowest BCUT2D eigenvalue weighted by atomic mass is 9.86. The molecule has 0 aromatic rings. The van der Waals surface area contributed by atoms with Gasteiger partial charge < -0.3 is 10.1 Å². The number of fused-ring (bicyclic) bond motifs is 3. The maximum Gasteiger partial charge on any atom is 0.408 e. The molecule has 0 spiro atoms. The van der Waals surface area contributed by atoms with E-state index >= 15 is 0 Å². The Kier molecular flexibility index (Phi) is 2.91. The standard InChI is InChI=1S/C10H18N2O2/c1-2-14-10(13)11-9-7-8-3-5-12(9)6-4-8/h8-9H,2-7H2,1H3,(H,11,13). The SMILES string of the molecule is CCOC(=O)NC1CC2CCN1CC2. The van der Waals surface area contributed by atoms with E-state index in [9.17, 15) is 4.79 Å². The van der Waals surface area contributed by atoms with Gasteiger partial charge in [0.1, 0.15) is 0 Å². The van der Waals surface area contributed by atoms with Crippen LogP contribution in [-0.2, 0) is 4.74 Å². The fourth-order valence-corrected chi connectivity index (χ4v) is 2.42. The molecule has 4 heteroatoms. The van der Waals surface area contributed by atoms with Crippen molar-refractivity contribution in [1.82, 2.24) is 10.2 Å². The summed E-state index contributed by atoms with van der Waals surface area (Å²) in [6, 6.07) is 0. The third-order valence-electron chi connectivity index (χ3n) is 3.21. The molecule has 3 heterocycles. The van der Waals surface area contributed by atoms with Crippen LogP contribution in [0.1, 0.15) is 26.2 Å². The van der Waals surface area contributed by atoms with Gasteiger partial charge in [-0.25, -0.2) is 4.79 Å². The average Bonchev–Trinajstić information content (AvgIpc) is 2.19. The molecule has 0 aliphatic carbocycles. The summed E-state index contributed by atoms with van der Waals surface area (Å²) in [5, 5.41) is 2.92. The Morgan fingerprint density at radius 1 is 1.50 bits per heavy atom. The summed E-state index contributed by atoms with van der Waals surface area (Å²) < 4.78 is 4.88. The van der Waals surface area contributed by atoms with Crippen LogP contribution in [0.25, 0.3) is 0 Å². The van der Waals surface area contributed by atoms with E-state index in [1.807, 2.05) is 6.92 Å². The van der Waals surface area contributed by atoms with E-state index in [1.54, 1.807) is 0 Å². The van der Waals surface area contributed by atoms with Crippen LogP contribution in [0.2, 0.25) is 0 Å². The van der Waals surface area contributed by atoms with Crippen LogP contribution in [0.4, 0.5) is 4.79 Å². The quantitative estimate of drug-likeness (QED) is 0.724. The molecule has 1 amide bonds. The number of ether oxygens (including phenoxy) is 1. The molecule has 1 N–H and O–H groups in total. The third-order valence-corrected chi connectivity index (χ3v) is 3.21. The lowest BCUT2D eigenvalue weighted by Crippen LogP contribution is -2.56. The molecule has 0 saturated carbocycles. The highest BCUT2D eigenvalue weighted by Gasteiger charge is 2.34. The van der Waals surface area contributed by atoms with Gasteiger partial charge in [-0.15, -0.1) is 0 Å². The molecule has 0 aromatic carbocycles. The Balaban J connectivity index is 1.83. The van der Waals surface area contributed by atoms with Crippen LogP contribution in [0.5, 0.6) is 0 Å². The number of nitrogens with zero attached hydrogens (tertiary/aromatic N) is 1. The Morgan fingerprint density at radius 2 is 2.21 bits per heavy atom. The van der Waals surface area contributed by atoms with Crippen molar-refractivity contribution < 1.29 is 9.53 Å². The molecular weight excluding hydrogens is 180 g/mol. The minimum atomic E-state index is -0.273. The fraction of sp³-hybridized carbons (Fsp3) is 0.900. The zero-order valence-electron chi connectivity index (χ0n) is 8.66. The van der Waals surface area contributed by atoms with Gasteiger partial charge >= 0.3 is 6.09 Å². The number of nitrogens with one attached hydrogen (secondary N) is 1. The van der Waals surface area contributed by atoms with Gasteiger partial charge in [0.2, 0.25) is 0 Å². The van der Waals surface area contributed by atoms with Crippen molar-refractivity contribution in [2.24, 2.45) is 5.92 Å². The maximum atomic E-state index is 11.2. The first-order chi connectivity index (χ1) is 6.79. The molecule has 3 aliphatic heterocycles. The number of hydrogen-bond acceptors (Lipinski definition) is 3. The lowest BCUT2D eigenvalue weighted by molar-refractivity contribution is 0.0287. The molecule has 2 bridgehead atoms. The van der Waals surface area contributed by atoms with E-state index in [4.69, 9.17) is 4.74 Å². The van der Waals surface area contributed by atoms with E-state index in [2.05, 4.69) is 10.2 Å². The van der Waals surface area contributed by atoms with Crippen molar-refractivity contribution in [1.29, 1.82) is 0 Å². The fourth-order valence-electron chi connectivity index (χ4n) is 2.42. The maximum absolute atomic E-state index is 11.2. The van der Waals surface area contributed by atoms with Crippen molar-refractivity contribution >= 4 is 6.09 Å². The average molecular weight is 198 g/mol. The van der Waals surface area contributed by atoms with Crippen LogP contribution in [0, 0.1) is 5.92 Å². The molecule has 3 saturated heterocycles. The van der Waals surface area contributed by atoms with Crippen LogP contribution in [-0.4, -0.2) is 36.9 Å². The Hall–Kier alpha value is -0.770. The van der Waals surface area contributed by atoms with Gasteiger partial charge in [0.15, 0.2) is 0 Å². The summed E-state index contributed by atoms with van der Waals surface area (Å²) in [5.41, 5.74) is 0. The van der Waals surface area contributed by atoms with Crippen LogP contribution in [0.3, 0.4) is 0 Å². The van der Waals surface area contributed by atoms with Gasteiger partial charge in [-0.1, -0.05) is 0 Å². The largest absolute Gasteiger partial charge is 0.450 e. The molecule has 3 aliphatic rings. The molecule has 3 fully saturated rings. The number of carbonyl (C=O) groups excluding carboxylic acids is 1. The highest BCUT2D eigenvalue weighted by molar-refractivity contribution is 5.67. The molecule has 80 valence electrons. The van der Waals surface area contributed by atoms with Crippen molar-refractivity contribution in [2.75, 3.05) is 19.7 Å². The Bertz CT molecular complexity index is 212. The predicted molar refractivity (Wildman–Crippen MR) is 52.9 cm³/mol. The highest BCUT2D eigenvalue weighted by atomic mass is 16.5. The minimum absolute atomic E-state index is 0.224. The summed E-state index contributed by atoms with van der Waals surface area (Å²) in [6.07, 6.45) is 3.63. The highest BCUT2D eigenvalue weighted by Crippen LogP contribution is 2.30. The van der Waals surface area contributed by atoms with Crippen molar-refractivity contribution in [3.8, 4) is 0 Å². The smallest absolute Gasteiger partial charge is 0.408 e. The number of rotatable bonds is 2. The first-order valence-corrected chi connectivity index (χ1v) is 5.47. The predicted octanol–water partition coefficient (Wildman–Crippen LogP) is 1.17. The number of alkyl carbamates (subject to hydrolysis) is 1. The number of carbonyl (C=O) groups is 1. The second-order valence-electron chi connectivity index (χ2n) is 4.10. The molecule has 1 atom stereocenters. The molecule has 4 nitrogen and oxygen atoms in total. The summed E-state index contributed by atoms with van der Waals surface area (Å²) in [7, 11) is 0. The molecular formula is C10H18N2O2. The van der Waals surface area contributed by atoms with E-state index in [-0.39, 0.29) is 12.3 Å². The Labute approximate surface area is 84.6 Å². The topological polar surface area (TPSA) is 41.6 Å². The Morgan fingerprint density at radius 3 is 2.71 bits per heavy atom. The zero-order chi connectivity index (χ0) is 9.97. The molecule has 0 aromatic heterocycles. The summed E-state index contributed by atoms with van der Waals surface area (Å²) >= 11 is 0. The van der Waals surface area contributed by atoms with E-state index in [0.29, 0.717) is 6.61 Å². The third kappa shape index (κ3) is 2.00. The van der Waals surface area contributed by atoms with E-state index in [0.717, 1.165) is 25.4 Å². The van der Waals surface area contributed by atoms with Gasteiger partial charge in [-0.2, -0.15) is 0 Å². The second kappa shape index (κ2) is 4.17. The molecule has 3 rings (SSSR count). The lowest BCUT2D eigenvalue weighted by Gasteiger charge is -2.45. The number of amides is 1. The van der Waals surface area contributed by atoms with E-state index in [1.165, 1.54) is 12.8 Å². The molecule has 14 heavy (non-hydrogen) atoms. The first-order valence-electron chi connectivity index (χ1n) is 5.47. The monoisotopic (exact) mass is 198 g/mol. The van der Waals surface area contributed by atoms with Gasteiger partial charge in [-0.3, -0.25) is 4.90 Å². The second-order valence-corrected chi connectivity index (χ2v) is 4.10.